The Morgan fingerprint density at radius 3 is 2.17 bits per heavy atom. The second-order valence-corrected chi connectivity index (χ2v) is 8.06. The summed E-state index contributed by atoms with van der Waals surface area (Å²) in [4.78, 5) is 33.1. The zero-order valence-electron chi connectivity index (χ0n) is 17.3. The van der Waals surface area contributed by atoms with Crippen LogP contribution in [0.15, 0.2) is 0 Å². The monoisotopic (exact) mass is 442 g/mol. The highest BCUT2D eigenvalue weighted by atomic mass is 31.2. The number of phosphoric acid groups is 1. The maximum absolute atomic E-state index is 12.0. The van der Waals surface area contributed by atoms with Crippen molar-refractivity contribution in [3.05, 3.63) is 0 Å². The number of aliphatic hydroxyl groups is 2. The lowest BCUT2D eigenvalue weighted by Crippen LogP contribution is -2.29. The van der Waals surface area contributed by atoms with Gasteiger partial charge in [-0.15, -0.1) is 0 Å². The molecule has 0 saturated carbocycles. The van der Waals surface area contributed by atoms with Crippen LogP contribution in [0.4, 0.5) is 0 Å². The molecule has 11 heteroatoms. The number of esters is 2. The molecule has 0 aliphatic carbocycles. The minimum atomic E-state index is -4.55. The van der Waals surface area contributed by atoms with Crippen molar-refractivity contribution in [3.63, 3.8) is 0 Å². The number of carbonyl (C=O) groups is 2. The van der Waals surface area contributed by atoms with Crippen molar-refractivity contribution in [2.45, 2.75) is 77.4 Å². The zero-order chi connectivity index (χ0) is 22.1. The predicted molar refractivity (Wildman–Crippen MR) is 104 cm³/mol. The van der Waals surface area contributed by atoms with Crippen molar-refractivity contribution in [1.29, 1.82) is 0 Å². The first-order valence-corrected chi connectivity index (χ1v) is 11.5. The summed E-state index contributed by atoms with van der Waals surface area (Å²) in [5.41, 5.74) is 0. The standard InChI is InChI=1S/C18H35O10P/c1-3-5-6-7-8-10-18(22)28-16(13-25-17(21)9-4-2)14-27-29(23,24)26-12-15(20)11-19/h15-16,19-20H,3-14H2,1-2H3,(H,23,24)/t15-,16+/m0/s1. The molecule has 29 heavy (non-hydrogen) atoms. The van der Waals surface area contributed by atoms with Crippen molar-refractivity contribution in [1.82, 2.24) is 0 Å². The van der Waals surface area contributed by atoms with Gasteiger partial charge in [-0.25, -0.2) is 4.57 Å². The third kappa shape index (κ3) is 16.5. The lowest BCUT2D eigenvalue weighted by Gasteiger charge is -2.20. The number of carbonyl (C=O) groups excluding carboxylic acids is 2. The van der Waals surface area contributed by atoms with E-state index in [1.165, 1.54) is 0 Å². The Balaban J connectivity index is 4.56. The summed E-state index contributed by atoms with van der Waals surface area (Å²) < 4.78 is 31.3. The average molecular weight is 442 g/mol. The van der Waals surface area contributed by atoms with Crippen LogP contribution in [-0.2, 0) is 32.7 Å². The van der Waals surface area contributed by atoms with E-state index in [4.69, 9.17) is 24.2 Å². The van der Waals surface area contributed by atoms with Crippen molar-refractivity contribution >= 4 is 19.8 Å². The van der Waals surface area contributed by atoms with Gasteiger partial charge in [0.2, 0.25) is 0 Å². The highest BCUT2D eigenvalue weighted by Gasteiger charge is 2.27. The maximum Gasteiger partial charge on any atom is 0.472 e. The first kappa shape index (κ1) is 28.0. The van der Waals surface area contributed by atoms with E-state index >= 15 is 0 Å². The summed E-state index contributed by atoms with van der Waals surface area (Å²) in [6.45, 7) is 1.78. The van der Waals surface area contributed by atoms with E-state index in [0.29, 0.717) is 12.8 Å². The fourth-order valence-electron chi connectivity index (χ4n) is 2.14. The van der Waals surface area contributed by atoms with Crippen LogP contribution in [0, 0.1) is 0 Å². The quantitative estimate of drug-likeness (QED) is 0.164. The van der Waals surface area contributed by atoms with E-state index in [1.807, 2.05) is 0 Å². The lowest BCUT2D eigenvalue weighted by atomic mass is 10.1. The number of unbranched alkanes of at least 4 members (excludes halogenated alkanes) is 4. The second kappa shape index (κ2) is 16.7. The number of ether oxygens (including phenoxy) is 2. The maximum atomic E-state index is 12.0. The van der Waals surface area contributed by atoms with Crippen molar-refractivity contribution in [2.75, 3.05) is 26.4 Å². The van der Waals surface area contributed by atoms with Crippen LogP contribution in [0.3, 0.4) is 0 Å². The van der Waals surface area contributed by atoms with Gasteiger partial charge in [-0.05, 0) is 12.8 Å². The molecular weight excluding hydrogens is 407 g/mol. The first-order valence-electron chi connectivity index (χ1n) is 9.99. The third-order valence-corrected chi connectivity index (χ3v) is 4.68. The van der Waals surface area contributed by atoms with E-state index in [2.05, 4.69) is 11.4 Å². The molecule has 3 atom stereocenters. The van der Waals surface area contributed by atoms with Crippen LogP contribution in [0.2, 0.25) is 0 Å². The van der Waals surface area contributed by atoms with Crippen LogP contribution in [0.1, 0.15) is 65.2 Å². The summed E-state index contributed by atoms with van der Waals surface area (Å²) in [6, 6.07) is 0. The van der Waals surface area contributed by atoms with Gasteiger partial charge in [-0.2, -0.15) is 0 Å². The summed E-state index contributed by atoms with van der Waals surface area (Å²) in [6.07, 6.45) is 3.30. The van der Waals surface area contributed by atoms with Gasteiger partial charge in [-0.1, -0.05) is 39.5 Å². The van der Waals surface area contributed by atoms with Crippen LogP contribution < -0.4 is 0 Å². The number of hydrogen-bond donors (Lipinski definition) is 3. The Bertz CT molecular complexity index is 499. The molecule has 0 bridgehead atoms. The molecule has 10 nitrogen and oxygen atoms in total. The van der Waals surface area contributed by atoms with Crippen LogP contribution >= 0.6 is 7.82 Å². The third-order valence-electron chi connectivity index (χ3n) is 3.73. The van der Waals surface area contributed by atoms with E-state index in [0.717, 1.165) is 25.7 Å². The second-order valence-electron chi connectivity index (χ2n) is 6.61. The molecule has 0 amide bonds. The first-order chi connectivity index (χ1) is 13.7. The minimum Gasteiger partial charge on any atom is -0.462 e. The predicted octanol–water partition coefficient (Wildman–Crippen LogP) is 2.09. The Morgan fingerprint density at radius 1 is 0.897 bits per heavy atom. The van der Waals surface area contributed by atoms with E-state index in [-0.39, 0.29) is 19.4 Å². The molecule has 0 rings (SSSR count). The van der Waals surface area contributed by atoms with Crippen molar-refractivity contribution in [3.8, 4) is 0 Å². The summed E-state index contributed by atoms with van der Waals surface area (Å²) in [7, 11) is -4.55. The SMILES string of the molecule is CCCCCCCC(=O)O[C@H](COC(=O)CCC)COP(=O)(O)OC[C@@H](O)CO. The molecule has 0 fully saturated rings. The summed E-state index contributed by atoms with van der Waals surface area (Å²) >= 11 is 0. The fraction of sp³-hybridized carbons (Fsp3) is 0.889. The highest BCUT2D eigenvalue weighted by molar-refractivity contribution is 7.47. The van der Waals surface area contributed by atoms with Gasteiger partial charge < -0.3 is 24.6 Å². The molecule has 0 spiro atoms. The average Bonchev–Trinajstić information content (AvgIpc) is 2.68. The van der Waals surface area contributed by atoms with Crippen molar-refractivity contribution < 1.29 is 47.8 Å². The molecular formula is C18H35O10P. The molecule has 0 radical (unpaired) electrons. The molecule has 0 heterocycles. The Morgan fingerprint density at radius 2 is 1.55 bits per heavy atom. The Kier molecular flexibility index (Phi) is 16.1. The smallest absolute Gasteiger partial charge is 0.462 e. The van der Waals surface area contributed by atoms with Crippen LogP contribution in [0.25, 0.3) is 0 Å². The molecule has 3 N–H and O–H groups in total. The number of phosphoric ester groups is 1. The van der Waals surface area contributed by atoms with Gasteiger partial charge in [-0.3, -0.25) is 18.6 Å². The lowest BCUT2D eigenvalue weighted by molar-refractivity contribution is -0.161. The molecule has 0 aromatic heterocycles. The van der Waals surface area contributed by atoms with Gasteiger partial charge in [0, 0.05) is 12.8 Å². The molecule has 172 valence electrons. The molecule has 0 aromatic rings. The van der Waals surface area contributed by atoms with Gasteiger partial charge in [0.15, 0.2) is 6.10 Å². The number of hydrogen-bond acceptors (Lipinski definition) is 9. The minimum absolute atomic E-state index is 0.180. The van der Waals surface area contributed by atoms with E-state index < -0.39 is 51.8 Å². The van der Waals surface area contributed by atoms with Gasteiger partial charge in [0.25, 0.3) is 0 Å². The molecule has 1 unspecified atom stereocenters. The molecule has 0 aliphatic heterocycles. The van der Waals surface area contributed by atoms with Gasteiger partial charge in [0.05, 0.1) is 19.8 Å². The van der Waals surface area contributed by atoms with Crippen LogP contribution in [0.5, 0.6) is 0 Å². The number of aliphatic hydroxyl groups excluding tert-OH is 2. The van der Waals surface area contributed by atoms with E-state index in [1.54, 1.807) is 6.92 Å². The normalized spacial score (nSPS) is 15.3. The highest BCUT2D eigenvalue weighted by Crippen LogP contribution is 2.43. The number of rotatable bonds is 18. The fourth-order valence-corrected chi connectivity index (χ4v) is 2.93. The topological polar surface area (TPSA) is 149 Å². The van der Waals surface area contributed by atoms with Gasteiger partial charge >= 0.3 is 19.8 Å². The summed E-state index contributed by atoms with van der Waals surface area (Å²) in [5, 5.41) is 17.8. The van der Waals surface area contributed by atoms with Crippen molar-refractivity contribution in [2.24, 2.45) is 0 Å². The Hall–Kier alpha value is -1.03. The van der Waals surface area contributed by atoms with E-state index in [9.17, 15) is 19.0 Å². The molecule has 0 aromatic carbocycles. The molecule has 0 saturated heterocycles. The molecule has 0 aliphatic rings. The van der Waals surface area contributed by atoms with Crippen LogP contribution in [-0.4, -0.2) is 65.7 Å². The van der Waals surface area contributed by atoms with Gasteiger partial charge in [0.1, 0.15) is 12.7 Å². The zero-order valence-corrected chi connectivity index (χ0v) is 18.2. The Labute approximate surface area is 172 Å². The largest absolute Gasteiger partial charge is 0.472 e. The summed E-state index contributed by atoms with van der Waals surface area (Å²) in [5.74, 6) is -1.01.